The predicted molar refractivity (Wildman–Crippen MR) is 80.1 cm³/mol. The maximum absolute atomic E-state index is 11.5. The number of likely N-dealkylation sites (tertiary alicyclic amines) is 1. The summed E-state index contributed by atoms with van der Waals surface area (Å²) >= 11 is 1.68. The molecule has 1 aromatic heterocycles. The normalized spacial score (nSPS) is 22.5. The Labute approximate surface area is 123 Å². The second kappa shape index (κ2) is 6.40. The van der Waals surface area contributed by atoms with Gasteiger partial charge in [-0.3, -0.25) is 9.69 Å². The fourth-order valence-electron chi connectivity index (χ4n) is 2.38. The molecular weight excluding hydrogens is 272 g/mol. The quantitative estimate of drug-likeness (QED) is 0.819. The smallest absolute Gasteiger partial charge is 0.224 e. The molecule has 2 heterocycles. The first-order valence-corrected chi connectivity index (χ1v) is 7.61. The third-order valence-electron chi connectivity index (χ3n) is 3.72. The molecule has 0 saturated carbocycles. The molecule has 1 aromatic rings. The molecule has 5 heteroatoms. The Kier molecular flexibility index (Phi) is 4.81. The first-order valence-electron chi connectivity index (χ1n) is 6.73. The van der Waals surface area contributed by atoms with E-state index in [-0.39, 0.29) is 12.5 Å². The number of aliphatic hydroxyl groups excluding tert-OH is 1. The van der Waals surface area contributed by atoms with Crippen molar-refractivity contribution in [3.63, 3.8) is 0 Å². The van der Waals surface area contributed by atoms with Gasteiger partial charge in [-0.15, -0.1) is 11.3 Å². The van der Waals surface area contributed by atoms with Crippen molar-refractivity contribution >= 4 is 17.2 Å². The van der Waals surface area contributed by atoms with Crippen LogP contribution < -0.4 is 5.73 Å². The molecule has 108 valence electrons. The maximum atomic E-state index is 11.5. The van der Waals surface area contributed by atoms with Crippen molar-refractivity contribution in [2.75, 3.05) is 19.7 Å². The number of amides is 1. The lowest BCUT2D eigenvalue weighted by Gasteiger charge is -2.20. The van der Waals surface area contributed by atoms with E-state index in [0.717, 1.165) is 25.1 Å². The fourth-order valence-corrected chi connectivity index (χ4v) is 3.26. The standard InChI is InChI=1S/C15H20N2O2S/c1-15(14(16)19)6-7-17(11-15)10-13-12(5-9-20-13)4-2-3-8-18/h5,9,18H,3,6-8,10-11H2,1H3,(H2,16,19). The zero-order chi connectivity index (χ0) is 14.6. The Morgan fingerprint density at radius 2 is 2.45 bits per heavy atom. The largest absolute Gasteiger partial charge is 0.395 e. The van der Waals surface area contributed by atoms with Crippen molar-refractivity contribution in [2.45, 2.75) is 26.3 Å². The van der Waals surface area contributed by atoms with Crippen molar-refractivity contribution in [2.24, 2.45) is 11.1 Å². The summed E-state index contributed by atoms with van der Waals surface area (Å²) in [6, 6.07) is 2.01. The van der Waals surface area contributed by atoms with Gasteiger partial charge < -0.3 is 10.8 Å². The van der Waals surface area contributed by atoms with Gasteiger partial charge in [-0.25, -0.2) is 0 Å². The number of aliphatic hydroxyl groups is 1. The number of hydrogen-bond acceptors (Lipinski definition) is 4. The van der Waals surface area contributed by atoms with Crippen molar-refractivity contribution in [3.8, 4) is 11.8 Å². The van der Waals surface area contributed by atoms with Gasteiger partial charge in [-0.05, 0) is 31.3 Å². The van der Waals surface area contributed by atoms with Gasteiger partial charge >= 0.3 is 0 Å². The lowest BCUT2D eigenvalue weighted by Crippen LogP contribution is -2.36. The summed E-state index contributed by atoms with van der Waals surface area (Å²) in [7, 11) is 0. The highest BCUT2D eigenvalue weighted by Crippen LogP contribution is 2.31. The van der Waals surface area contributed by atoms with Crippen LogP contribution >= 0.6 is 11.3 Å². The minimum absolute atomic E-state index is 0.0928. The van der Waals surface area contributed by atoms with Gasteiger partial charge in [0.15, 0.2) is 0 Å². The average molecular weight is 292 g/mol. The highest BCUT2D eigenvalue weighted by molar-refractivity contribution is 7.10. The van der Waals surface area contributed by atoms with Crippen LogP contribution in [0.4, 0.5) is 0 Å². The van der Waals surface area contributed by atoms with Crippen LogP contribution in [0, 0.1) is 17.3 Å². The molecule has 1 saturated heterocycles. The highest BCUT2D eigenvalue weighted by atomic mass is 32.1. The Balaban J connectivity index is 2.01. The van der Waals surface area contributed by atoms with Crippen LogP contribution in [0.3, 0.4) is 0 Å². The Bertz CT molecular complexity index is 544. The number of hydrogen-bond donors (Lipinski definition) is 2. The lowest BCUT2D eigenvalue weighted by molar-refractivity contribution is -0.126. The van der Waals surface area contributed by atoms with Crippen LogP contribution in [0.1, 0.15) is 30.2 Å². The average Bonchev–Trinajstić information content (AvgIpc) is 2.99. The van der Waals surface area contributed by atoms with Crippen molar-refractivity contribution < 1.29 is 9.90 Å². The molecule has 3 N–H and O–H groups in total. The molecule has 0 aromatic carbocycles. The highest BCUT2D eigenvalue weighted by Gasteiger charge is 2.38. The van der Waals surface area contributed by atoms with E-state index >= 15 is 0 Å². The molecule has 4 nitrogen and oxygen atoms in total. The third kappa shape index (κ3) is 3.40. The molecule has 1 aliphatic heterocycles. The minimum Gasteiger partial charge on any atom is -0.395 e. The van der Waals surface area contributed by atoms with E-state index in [1.807, 2.05) is 18.4 Å². The van der Waals surface area contributed by atoms with Gasteiger partial charge in [0, 0.05) is 30.0 Å². The fraction of sp³-hybridized carbons (Fsp3) is 0.533. The summed E-state index contributed by atoms with van der Waals surface area (Å²) in [4.78, 5) is 14.9. The van der Waals surface area contributed by atoms with Crippen LogP contribution in [0.5, 0.6) is 0 Å². The summed E-state index contributed by atoms with van der Waals surface area (Å²) < 4.78 is 0. The topological polar surface area (TPSA) is 66.6 Å². The number of carbonyl (C=O) groups is 1. The minimum atomic E-state index is -0.403. The van der Waals surface area contributed by atoms with Crippen molar-refractivity contribution in [1.29, 1.82) is 0 Å². The van der Waals surface area contributed by atoms with E-state index in [1.54, 1.807) is 11.3 Å². The first kappa shape index (κ1) is 15.0. The van der Waals surface area contributed by atoms with Crippen molar-refractivity contribution in [1.82, 2.24) is 4.90 Å². The number of nitrogens with zero attached hydrogens (tertiary/aromatic N) is 1. The number of nitrogens with two attached hydrogens (primary N) is 1. The van der Waals surface area contributed by atoms with E-state index in [4.69, 9.17) is 10.8 Å². The van der Waals surface area contributed by atoms with Gasteiger partial charge in [0.1, 0.15) is 0 Å². The summed E-state index contributed by atoms with van der Waals surface area (Å²) in [6.07, 6.45) is 1.32. The zero-order valence-corrected chi connectivity index (χ0v) is 12.5. The van der Waals surface area contributed by atoms with E-state index in [9.17, 15) is 4.79 Å². The van der Waals surface area contributed by atoms with Crippen LogP contribution in [-0.4, -0.2) is 35.6 Å². The molecule has 1 fully saturated rings. The van der Waals surface area contributed by atoms with Gasteiger partial charge in [-0.1, -0.05) is 11.8 Å². The van der Waals surface area contributed by atoms with E-state index < -0.39 is 5.41 Å². The molecule has 0 radical (unpaired) electrons. The van der Waals surface area contributed by atoms with E-state index in [2.05, 4.69) is 16.7 Å². The molecule has 0 spiro atoms. The molecule has 1 aliphatic rings. The SMILES string of the molecule is CC1(C(N)=O)CCN(Cc2sccc2C#CCCO)C1. The summed E-state index contributed by atoms with van der Waals surface area (Å²) in [5.41, 5.74) is 6.09. The number of primary amides is 1. The number of thiophene rings is 1. The molecule has 0 aliphatic carbocycles. The second-order valence-electron chi connectivity index (χ2n) is 5.42. The Hall–Kier alpha value is -1.35. The molecule has 1 unspecified atom stereocenters. The van der Waals surface area contributed by atoms with Gasteiger partial charge in [-0.2, -0.15) is 0 Å². The number of rotatable bonds is 4. The number of carbonyl (C=O) groups excluding carboxylic acids is 1. The molecule has 2 rings (SSSR count). The summed E-state index contributed by atoms with van der Waals surface area (Å²) in [5, 5.41) is 10.8. The van der Waals surface area contributed by atoms with E-state index in [1.165, 1.54) is 4.88 Å². The Morgan fingerprint density at radius 3 is 3.10 bits per heavy atom. The summed E-state index contributed by atoms with van der Waals surface area (Å²) in [5.74, 6) is 5.83. The van der Waals surface area contributed by atoms with Gasteiger partial charge in [0.2, 0.25) is 5.91 Å². The van der Waals surface area contributed by atoms with Gasteiger partial charge in [0.25, 0.3) is 0 Å². The van der Waals surface area contributed by atoms with Crippen LogP contribution in [0.2, 0.25) is 0 Å². The maximum Gasteiger partial charge on any atom is 0.224 e. The van der Waals surface area contributed by atoms with Gasteiger partial charge in [0.05, 0.1) is 12.0 Å². The first-order chi connectivity index (χ1) is 9.55. The molecule has 1 amide bonds. The molecule has 20 heavy (non-hydrogen) atoms. The van der Waals surface area contributed by atoms with Crippen molar-refractivity contribution in [3.05, 3.63) is 21.9 Å². The predicted octanol–water partition coefficient (Wildman–Crippen LogP) is 1.18. The van der Waals surface area contributed by atoms with Crippen LogP contribution in [-0.2, 0) is 11.3 Å². The van der Waals surface area contributed by atoms with Crippen LogP contribution in [0.15, 0.2) is 11.4 Å². The molecule has 1 atom stereocenters. The molecular formula is C15H20N2O2S. The van der Waals surface area contributed by atoms with Crippen LogP contribution in [0.25, 0.3) is 0 Å². The third-order valence-corrected chi connectivity index (χ3v) is 4.63. The molecule has 0 bridgehead atoms. The Morgan fingerprint density at radius 1 is 1.65 bits per heavy atom. The second-order valence-corrected chi connectivity index (χ2v) is 6.42. The van der Waals surface area contributed by atoms with E-state index in [0.29, 0.717) is 13.0 Å². The summed E-state index contributed by atoms with van der Waals surface area (Å²) in [6.45, 7) is 4.44. The monoisotopic (exact) mass is 292 g/mol. The lowest BCUT2D eigenvalue weighted by atomic mass is 9.89. The zero-order valence-electron chi connectivity index (χ0n) is 11.7.